The first kappa shape index (κ1) is 13.7. The van der Waals surface area contributed by atoms with Crippen molar-refractivity contribution < 1.29 is 4.52 Å². The highest BCUT2D eigenvalue weighted by atomic mass is 16.5. The molecule has 1 aromatic heterocycles. The van der Waals surface area contributed by atoms with E-state index >= 15 is 0 Å². The molecule has 0 N–H and O–H groups in total. The summed E-state index contributed by atoms with van der Waals surface area (Å²) in [6.07, 6.45) is 7.40. The fourth-order valence-corrected chi connectivity index (χ4v) is 3.62. The number of piperidine rings is 3. The maximum atomic E-state index is 5.02. The van der Waals surface area contributed by atoms with Gasteiger partial charge in [-0.2, -0.15) is 4.98 Å². The largest absolute Gasteiger partial charge is 0.339 e. The van der Waals surface area contributed by atoms with E-state index in [9.17, 15) is 0 Å². The molecule has 1 aromatic carbocycles. The molecule has 0 saturated carbocycles. The molecule has 1 unspecified atom stereocenters. The van der Waals surface area contributed by atoms with Crippen LogP contribution in [0.5, 0.6) is 0 Å². The second-order valence-corrected chi connectivity index (χ2v) is 6.42. The second-order valence-electron chi connectivity index (χ2n) is 6.42. The molecule has 2 bridgehead atoms. The smallest absolute Gasteiger partial charge is 0.223 e. The van der Waals surface area contributed by atoms with Gasteiger partial charge in [0.05, 0.1) is 0 Å². The monoisotopic (exact) mass is 295 g/mol. The Morgan fingerprint density at radius 1 is 1.18 bits per heavy atom. The predicted octanol–water partition coefficient (Wildman–Crippen LogP) is 3.40. The number of hydrogen-bond acceptors (Lipinski definition) is 4. The molecule has 4 heterocycles. The van der Waals surface area contributed by atoms with E-state index in [0.717, 1.165) is 17.4 Å². The summed E-state index contributed by atoms with van der Waals surface area (Å²) in [7, 11) is 0. The minimum absolute atomic E-state index is 0.598. The van der Waals surface area contributed by atoms with Gasteiger partial charge in [-0.15, -0.1) is 0 Å². The molecular formula is C18H21N3O. The fraction of sp³-hybridized carbons (Fsp3) is 0.444. The zero-order valence-corrected chi connectivity index (χ0v) is 12.9. The average Bonchev–Trinajstić information content (AvgIpc) is 3.01. The Morgan fingerprint density at radius 2 is 1.95 bits per heavy atom. The van der Waals surface area contributed by atoms with E-state index in [2.05, 4.69) is 51.5 Å². The molecule has 2 aromatic rings. The lowest BCUT2D eigenvalue weighted by molar-refractivity contribution is 0.0740. The summed E-state index contributed by atoms with van der Waals surface area (Å²) in [6, 6.07) is 8.36. The molecule has 4 nitrogen and oxygen atoms in total. The van der Waals surface area contributed by atoms with Crippen molar-refractivity contribution in [1.29, 1.82) is 0 Å². The highest BCUT2D eigenvalue weighted by molar-refractivity contribution is 5.59. The molecule has 4 heteroatoms. The highest BCUT2D eigenvalue weighted by Crippen LogP contribution is 2.33. The van der Waals surface area contributed by atoms with E-state index in [1.165, 1.54) is 38.0 Å². The van der Waals surface area contributed by atoms with Gasteiger partial charge in [0.15, 0.2) is 0 Å². The van der Waals surface area contributed by atoms with Crippen molar-refractivity contribution in [2.75, 3.05) is 19.6 Å². The van der Waals surface area contributed by atoms with E-state index in [-0.39, 0.29) is 0 Å². The van der Waals surface area contributed by atoms with Crippen LogP contribution in [-0.2, 0) is 0 Å². The summed E-state index contributed by atoms with van der Waals surface area (Å²) in [4.78, 5) is 6.85. The summed E-state index contributed by atoms with van der Waals surface area (Å²) in [6.45, 7) is 5.64. The number of fused-ring (bicyclic) bond motifs is 3. The summed E-state index contributed by atoms with van der Waals surface area (Å²) in [5.41, 5.74) is 2.23. The van der Waals surface area contributed by atoms with Crippen LogP contribution in [0.3, 0.4) is 0 Å². The quantitative estimate of drug-likeness (QED) is 0.870. The van der Waals surface area contributed by atoms with Crippen LogP contribution >= 0.6 is 0 Å². The van der Waals surface area contributed by atoms with Crippen molar-refractivity contribution in [2.45, 2.75) is 19.8 Å². The minimum Gasteiger partial charge on any atom is -0.339 e. The standard InChI is InChI=1S/C18H21N3O/c1-13-19-18(20-22-13)16-5-2-14(3-6-16)4-7-17-12-21-10-8-15(17)9-11-21/h2-7,15,17H,8-12H2,1H3. The molecule has 3 saturated heterocycles. The number of aryl methyl sites for hydroxylation is 1. The summed E-state index contributed by atoms with van der Waals surface area (Å²) >= 11 is 0. The molecule has 0 radical (unpaired) electrons. The Kier molecular flexibility index (Phi) is 3.54. The van der Waals surface area contributed by atoms with Gasteiger partial charge >= 0.3 is 0 Å². The Balaban J connectivity index is 1.46. The van der Waals surface area contributed by atoms with Crippen molar-refractivity contribution in [1.82, 2.24) is 15.0 Å². The lowest BCUT2D eigenvalue weighted by atomic mass is 9.79. The maximum Gasteiger partial charge on any atom is 0.223 e. The van der Waals surface area contributed by atoms with Gasteiger partial charge in [-0.1, -0.05) is 41.6 Å². The Hall–Kier alpha value is -1.94. The van der Waals surface area contributed by atoms with E-state index in [0.29, 0.717) is 11.7 Å². The molecular weight excluding hydrogens is 274 g/mol. The van der Waals surface area contributed by atoms with Crippen molar-refractivity contribution in [3.05, 3.63) is 41.8 Å². The van der Waals surface area contributed by atoms with Crippen molar-refractivity contribution in [2.24, 2.45) is 11.8 Å². The SMILES string of the molecule is Cc1nc(-c2ccc(C=CC3CN4CCC3CC4)cc2)no1. The zero-order valence-electron chi connectivity index (χ0n) is 12.9. The predicted molar refractivity (Wildman–Crippen MR) is 86.2 cm³/mol. The first-order valence-electron chi connectivity index (χ1n) is 8.09. The summed E-state index contributed by atoms with van der Waals surface area (Å²) < 4.78 is 5.02. The molecule has 1 atom stereocenters. The van der Waals surface area contributed by atoms with Crippen LogP contribution in [0.25, 0.3) is 17.5 Å². The van der Waals surface area contributed by atoms with Crippen LogP contribution in [0.4, 0.5) is 0 Å². The Bertz CT molecular complexity index is 666. The van der Waals surface area contributed by atoms with Gasteiger partial charge in [0.1, 0.15) is 0 Å². The molecule has 3 fully saturated rings. The third-order valence-corrected chi connectivity index (χ3v) is 4.94. The lowest BCUT2D eigenvalue weighted by Gasteiger charge is -2.43. The van der Waals surface area contributed by atoms with Gasteiger partial charge in [0.2, 0.25) is 11.7 Å². The molecule has 3 aliphatic heterocycles. The molecule has 5 rings (SSSR count). The van der Waals surface area contributed by atoms with Crippen LogP contribution in [0.15, 0.2) is 34.9 Å². The van der Waals surface area contributed by atoms with Gasteiger partial charge < -0.3 is 9.42 Å². The molecule has 22 heavy (non-hydrogen) atoms. The van der Waals surface area contributed by atoms with Crippen LogP contribution in [0.1, 0.15) is 24.3 Å². The van der Waals surface area contributed by atoms with Crippen molar-refractivity contribution >= 4 is 6.08 Å². The fourth-order valence-electron chi connectivity index (χ4n) is 3.62. The molecule has 0 spiro atoms. The number of aromatic nitrogens is 2. The van der Waals surface area contributed by atoms with E-state index in [4.69, 9.17) is 4.52 Å². The maximum absolute atomic E-state index is 5.02. The summed E-state index contributed by atoms with van der Waals surface area (Å²) in [5.74, 6) is 2.87. The molecule has 0 aliphatic carbocycles. The first-order valence-corrected chi connectivity index (χ1v) is 8.09. The molecule has 0 amide bonds. The van der Waals surface area contributed by atoms with E-state index in [1.54, 1.807) is 0 Å². The van der Waals surface area contributed by atoms with E-state index < -0.39 is 0 Å². The second kappa shape index (κ2) is 5.69. The van der Waals surface area contributed by atoms with Crippen LogP contribution in [0.2, 0.25) is 0 Å². The lowest BCUT2D eigenvalue weighted by Crippen LogP contribution is -2.46. The van der Waals surface area contributed by atoms with Crippen LogP contribution in [0, 0.1) is 18.8 Å². The number of rotatable bonds is 3. The number of hydrogen-bond donors (Lipinski definition) is 0. The average molecular weight is 295 g/mol. The normalized spacial score (nSPS) is 27.6. The Morgan fingerprint density at radius 3 is 2.55 bits per heavy atom. The van der Waals surface area contributed by atoms with Gasteiger partial charge in [0, 0.05) is 19.0 Å². The van der Waals surface area contributed by atoms with Gasteiger partial charge in [-0.3, -0.25) is 0 Å². The summed E-state index contributed by atoms with van der Waals surface area (Å²) in [5, 5.41) is 3.95. The van der Waals surface area contributed by atoms with E-state index in [1.807, 2.05) is 6.92 Å². The van der Waals surface area contributed by atoms with Gasteiger partial charge in [-0.25, -0.2) is 0 Å². The third kappa shape index (κ3) is 2.71. The molecule has 114 valence electrons. The van der Waals surface area contributed by atoms with Gasteiger partial charge in [-0.05, 0) is 43.3 Å². The van der Waals surface area contributed by atoms with Crippen molar-refractivity contribution in [3.63, 3.8) is 0 Å². The minimum atomic E-state index is 0.598. The number of benzene rings is 1. The highest BCUT2D eigenvalue weighted by Gasteiger charge is 2.32. The topological polar surface area (TPSA) is 42.2 Å². The van der Waals surface area contributed by atoms with Crippen molar-refractivity contribution in [3.8, 4) is 11.4 Å². The molecule has 3 aliphatic rings. The van der Waals surface area contributed by atoms with Crippen LogP contribution in [-0.4, -0.2) is 34.7 Å². The third-order valence-electron chi connectivity index (χ3n) is 4.94. The number of nitrogens with zero attached hydrogens (tertiary/aromatic N) is 3. The first-order chi connectivity index (χ1) is 10.8. The zero-order chi connectivity index (χ0) is 14.9. The van der Waals surface area contributed by atoms with Crippen LogP contribution < -0.4 is 0 Å². The Labute approximate surface area is 130 Å². The van der Waals surface area contributed by atoms with Gasteiger partial charge in [0.25, 0.3) is 0 Å².